The number of benzene rings is 3. The van der Waals surface area contributed by atoms with E-state index in [9.17, 15) is 30.3 Å². The minimum Gasteiger partial charge on any atom is -0.507 e. The molecule has 0 amide bonds. The van der Waals surface area contributed by atoms with Crippen molar-refractivity contribution in [2.45, 2.75) is 108 Å². The van der Waals surface area contributed by atoms with Gasteiger partial charge in [0.2, 0.25) is 0 Å². The molecule has 4 unspecified atom stereocenters. The van der Waals surface area contributed by atoms with Crippen molar-refractivity contribution in [3.63, 3.8) is 0 Å². The number of phenols is 2. The molecule has 3 aliphatic carbocycles. The highest BCUT2D eigenvalue weighted by Crippen LogP contribution is 2.47. The third-order valence-electron chi connectivity index (χ3n) is 14.4. The molecule has 2 aromatic heterocycles. The van der Waals surface area contributed by atoms with Crippen molar-refractivity contribution >= 4 is 29.5 Å². The lowest BCUT2D eigenvalue weighted by Gasteiger charge is -2.38. The molecule has 5 aromatic rings. The summed E-state index contributed by atoms with van der Waals surface area (Å²) in [5.74, 6) is -1.60. The van der Waals surface area contributed by atoms with Gasteiger partial charge in [-0.15, -0.1) is 0 Å². The molecule has 3 aromatic carbocycles. The summed E-state index contributed by atoms with van der Waals surface area (Å²) >= 11 is 0. The Morgan fingerprint density at radius 1 is 0.815 bits per heavy atom. The van der Waals surface area contributed by atoms with Crippen molar-refractivity contribution in [3.05, 3.63) is 140 Å². The van der Waals surface area contributed by atoms with Crippen molar-refractivity contribution in [1.82, 2.24) is 9.97 Å². The number of carbonyl (C=O) groups is 2. The molecule has 1 fully saturated rings. The standard InChI is InChI=1S/C54H61N3O8/c58-23-4-6-35-12-10-33-25-38(35)29-37-16-21-56-53(37)57-32-40-30-46-43(17-22-55-46)45(31-54(64)19-14-36-5-3-9-47(60)42(36)15-20-54)50(40)52(63)44(18-24-59)48(61)13-11-34-27-39(26-33)51(62)49(28-34)65-41-7-1-2-8-41/h3,5,9-10,12,15-17,20-22,25,27-28,30,41,44-45,50,55-60,62,64H,1-2,4,6-8,11,13-14,18-19,23-24,26,29,31-32H2. The molecular formula is C54H61N3O8. The zero-order chi connectivity index (χ0) is 45.1. The van der Waals surface area contributed by atoms with Gasteiger partial charge in [0, 0.05) is 80.1 Å². The first-order chi connectivity index (χ1) is 31.6. The summed E-state index contributed by atoms with van der Waals surface area (Å²) in [6, 6.07) is 19.6. The molecule has 11 nitrogen and oxygen atoms in total. The van der Waals surface area contributed by atoms with Gasteiger partial charge in [-0.25, -0.2) is 0 Å². The van der Waals surface area contributed by atoms with E-state index < -0.39 is 23.4 Å². The lowest BCUT2D eigenvalue weighted by Crippen LogP contribution is -2.40. The van der Waals surface area contributed by atoms with Crippen molar-refractivity contribution in [2.75, 3.05) is 25.1 Å². The number of rotatable bonds is 9. The molecule has 65 heavy (non-hydrogen) atoms. The van der Waals surface area contributed by atoms with Gasteiger partial charge in [0.25, 0.3) is 0 Å². The Labute approximate surface area is 380 Å². The Kier molecular flexibility index (Phi) is 13.2. The maximum atomic E-state index is 15.5. The van der Waals surface area contributed by atoms with Crippen molar-refractivity contribution in [3.8, 4) is 17.2 Å². The first-order valence-electron chi connectivity index (χ1n) is 23.5. The first-order valence-corrected chi connectivity index (χ1v) is 23.5. The number of H-pyrrole nitrogens is 2. The second-order valence-corrected chi connectivity index (χ2v) is 18.7. The van der Waals surface area contributed by atoms with E-state index in [2.05, 4.69) is 33.5 Å². The number of phenolic OH excluding ortho intramolecular Hbond substituents is 2. The number of aromatic amines is 2. The van der Waals surface area contributed by atoms with Gasteiger partial charge >= 0.3 is 0 Å². The Balaban J connectivity index is 1.13. The number of aliphatic hydroxyl groups excluding tert-OH is 2. The van der Waals surface area contributed by atoms with E-state index in [0.717, 1.165) is 81.7 Å². The highest BCUT2D eigenvalue weighted by molar-refractivity contribution is 6.05. The van der Waals surface area contributed by atoms with Crippen molar-refractivity contribution in [2.24, 2.45) is 11.8 Å². The summed E-state index contributed by atoms with van der Waals surface area (Å²) in [4.78, 5) is 36.8. The molecule has 0 saturated heterocycles. The summed E-state index contributed by atoms with van der Waals surface area (Å²) in [7, 11) is 0. The van der Waals surface area contributed by atoms with Crippen LogP contribution in [0.5, 0.6) is 17.2 Å². The number of aromatic nitrogens is 2. The predicted molar refractivity (Wildman–Crippen MR) is 251 cm³/mol. The number of anilines is 1. The summed E-state index contributed by atoms with van der Waals surface area (Å²) in [6.45, 7) is -0.0134. The van der Waals surface area contributed by atoms with Crippen LogP contribution in [0.4, 0.5) is 5.82 Å². The van der Waals surface area contributed by atoms with Gasteiger partial charge in [-0.05, 0) is 145 Å². The summed E-state index contributed by atoms with van der Waals surface area (Å²) in [5, 5.41) is 58.8. The molecule has 340 valence electrons. The Hall–Kier alpha value is -5.88. The largest absolute Gasteiger partial charge is 0.507 e. The fourth-order valence-corrected chi connectivity index (χ4v) is 10.9. The number of ketones is 2. The number of ether oxygens (including phenoxy) is 1. The van der Waals surface area contributed by atoms with E-state index in [1.165, 1.54) is 0 Å². The zero-order valence-corrected chi connectivity index (χ0v) is 37.0. The summed E-state index contributed by atoms with van der Waals surface area (Å²) in [5.41, 5.74) is 8.45. The maximum Gasteiger partial charge on any atom is 0.161 e. The lowest BCUT2D eigenvalue weighted by molar-refractivity contribution is -0.135. The summed E-state index contributed by atoms with van der Waals surface area (Å²) in [6.07, 6.45) is 16.9. The lowest BCUT2D eigenvalue weighted by atomic mass is 9.67. The van der Waals surface area contributed by atoms with Crippen LogP contribution in [0.15, 0.2) is 84.7 Å². The quantitative estimate of drug-likeness (QED) is 0.0675. The predicted octanol–water partition coefficient (Wildman–Crippen LogP) is 8.25. The number of fused-ring (bicyclic) bond motifs is 8. The molecule has 0 spiro atoms. The van der Waals surface area contributed by atoms with E-state index >= 15 is 4.79 Å². The van der Waals surface area contributed by atoms with E-state index in [4.69, 9.17) is 4.74 Å². The van der Waals surface area contributed by atoms with Crippen molar-refractivity contribution < 1.29 is 39.9 Å². The SMILES string of the molecule is O=C1CCc2cc(c(O)c(OC3CCCC3)c2)Cc2ccc(CCCO)c(c2)Cc2cc[nH]c2NCC2=Cc3[nH]ccc3C(CC3(O)C=Cc4c(O)cccc4CC3)C2C(=O)C1CCO. The van der Waals surface area contributed by atoms with Crippen LogP contribution in [0, 0.1) is 11.8 Å². The highest BCUT2D eigenvalue weighted by atomic mass is 16.5. The van der Waals surface area contributed by atoms with Crippen LogP contribution in [0.1, 0.15) is 119 Å². The van der Waals surface area contributed by atoms with E-state index in [0.29, 0.717) is 61.8 Å². The minimum absolute atomic E-state index is 0.00604. The van der Waals surface area contributed by atoms with Gasteiger partial charge in [-0.2, -0.15) is 0 Å². The number of hydrogen-bond acceptors (Lipinski definition) is 9. The van der Waals surface area contributed by atoms with Crippen molar-refractivity contribution in [1.29, 1.82) is 0 Å². The third-order valence-corrected chi connectivity index (χ3v) is 14.4. The molecule has 4 bridgehead atoms. The van der Waals surface area contributed by atoms with E-state index in [1.807, 2.05) is 48.8 Å². The van der Waals surface area contributed by atoms with Gasteiger partial charge in [-0.3, -0.25) is 9.59 Å². The van der Waals surface area contributed by atoms with Gasteiger partial charge < -0.3 is 45.6 Å². The highest BCUT2D eigenvalue weighted by Gasteiger charge is 2.45. The molecule has 3 heterocycles. The second kappa shape index (κ2) is 19.3. The van der Waals surface area contributed by atoms with Gasteiger partial charge in [0.1, 0.15) is 17.4 Å². The maximum absolute atomic E-state index is 15.5. The van der Waals surface area contributed by atoms with Gasteiger partial charge in [0.15, 0.2) is 17.3 Å². The summed E-state index contributed by atoms with van der Waals surface area (Å²) < 4.78 is 6.46. The number of hydrogen-bond donors (Lipinski definition) is 8. The zero-order valence-electron chi connectivity index (χ0n) is 37.0. The topological polar surface area (TPSA) is 188 Å². The smallest absolute Gasteiger partial charge is 0.161 e. The Bertz CT molecular complexity index is 2600. The van der Waals surface area contributed by atoms with Crippen LogP contribution >= 0.6 is 0 Å². The number of carbonyl (C=O) groups excluding carboxylic acids is 2. The van der Waals surface area contributed by atoms with Crippen LogP contribution in [0.2, 0.25) is 0 Å². The third kappa shape index (κ3) is 9.60. The Morgan fingerprint density at radius 2 is 1.65 bits per heavy atom. The normalized spacial score (nSPS) is 22.6. The van der Waals surface area contributed by atoms with Crippen LogP contribution in [-0.4, -0.2) is 78.5 Å². The van der Waals surface area contributed by atoms with Crippen LogP contribution in [-0.2, 0) is 41.7 Å². The van der Waals surface area contributed by atoms with Gasteiger partial charge in [0.05, 0.1) is 17.6 Å². The number of aromatic hydroxyl groups is 2. The van der Waals surface area contributed by atoms with Crippen LogP contribution in [0.25, 0.3) is 12.2 Å². The first kappa shape index (κ1) is 44.3. The number of aliphatic hydroxyl groups is 3. The fraction of sp³-hybridized carbons (Fsp3) is 0.407. The Morgan fingerprint density at radius 3 is 2.48 bits per heavy atom. The second-order valence-electron chi connectivity index (χ2n) is 18.7. The molecule has 9 rings (SSSR count). The molecule has 4 aliphatic rings. The van der Waals surface area contributed by atoms with Crippen LogP contribution < -0.4 is 10.1 Å². The molecular weight excluding hydrogens is 819 g/mol. The fourth-order valence-electron chi connectivity index (χ4n) is 10.9. The molecule has 8 N–H and O–H groups in total. The number of nitrogens with one attached hydrogen (secondary N) is 3. The average Bonchev–Trinajstić information content (AvgIpc) is 4.08. The van der Waals surface area contributed by atoms with Crippen LogP contribution in [0.3, 0.4) is 0 Å². The average molecular weight is 880 g/mol. The van der Waals surface area contributed by atoms with Gasteiger partial charge in [-0.1, -0.05) is 48.6 Å². The molecule has 0 radical (unpaired) electrons. The van der Waals surface area contributed by atoms with E-state index in [1.54, 1.807) is 24.3 Å². The molecule has 1 saturated carbocycles. The number of Topliss-reactive ketones (excluding diaryl/α,β-unsaturated/α-hetero) is 2. The molecule has 11 heteroatoms. The minimum atomic E-state index is -1.36. The number of aryl methyl sites for hydroxylation is 3. The molecule has 1 aliphatic heterocycles. The molecule has 4 atom stereocenters. The van der Waals surface area contributed by atoms with E-state index in [-0.39, 0.29) is 68.2 Å². The monoisotopic (exact) mass is 879 g/mol.